The van der Waals surface area contributed by atoms with Gasteiger partial charge in [-0.3, -0.25) is 4.90 Å². The highest BCUT2D eigenvalue weighted by Gasteiger charge is 2.18. The largest absolute Gasteiger partial charge is 0.465 e. The predicted molar refractivity (Wildman–Crippen MR) is 80.8 cm³/mol. The molecule has 0 radical (unpaired) electrons. The second kappa shape index (κ2) is 7.20. The molecule has 1 aromatic carbocycles. The Morgan fingerprint density at radius 3 is 2.95 bits per heavy atom. The lowest BCUT2D eigenvalue weighted by Gasteiger charge is -2.21. The molecule has 20 heavy (non-hydrogen) atoms. The van der Waals surface area contributed by atoms with Crippen LogP contribution in [0.3, 0.4) is 0 Å². The van der Waals surface area contributed by atoms with Crippen LogP contribution in [0.2, 0.25) is 0 Å². The first-order valence-electron chi connectivity index (χ1n) is 6.77. The molecule has 0 amide bonds. The second-order valence-corrected chi connectivity index (χ2v) is 5.98. The Balaban J connectivity index is 1.96. The fourth-order valence-corrected chi connectivity index (χ4v) is 2.92. The molecule has 1 aliphatic rings. The minimum atomic E-state index is -0.315. The third-order valence-electron chi connectivity index (χ3n) is 3.45. The van der Waals surface area contributed by atoms with E-state index in [0.29, 0.717) is 11.7 Å². The highest BCUT2D eigenvalue weighted by Crippen LogP contribution is 2.21. The molecule has 1 unspecified atom stereocenters. The van der Waals surface area contributed by atoms with E-state index < -0.39 is 0 Å². The first kappa shape index (κ1) is 15.5. The van der Waals surface area contributed by atoms with E-state index in [0.717, 1.165) is 42.6 Å². The Labute approximate surface area is 128 Å². The van der Waals surface area contributed by atoms with Crippen LogP contribution in [-0.2, 0) is 16.0 Å². The van der Waals surface area contributed by atoms with Crippen LogP contribution in [0.4, 0.5) is 0 Å². The van der Waals surface area contributed by atoms with Crippen molar-refractivity contribution in [3.8, 4) is 0 Å². The molecule has 0 N–H and O–H groups in total. The predicted octanol–water partition coefficient (Wildman–Crippen LogP) is 2.85. The van der Waals surface area contributed by atoms with E-state index in [1.165, 1.54) is 7.11 Å². The van der Waals surface area contributed by atoms with Crippen LogP contribution in [0.5, 0.6) is 0 Å². The quantitative estimate of drug-likeness (QED) is 0.772. The van der Waals surface area contributed by atoms with E-state index in [-0.39, 0.29) is 5.97 Å². The van der Waals surface area contributed by atoms with Crippen LogP contribution in [0.25, 0.3) is 0 Å². The summed E-state index contributed by atoms with van der Waals surface area (Å²) in [6.45, 7) is 2.64. The van der Waals surface area contributed by atoms with E-state index >= 15 is 0 Å². The van der Waals surface area contributed by atoms with Crippen LogP contribution < -0.4 is 0 Å². The summed E-state index contributed by atoms with van der Waals surface area (Å²) in [7, 11) is 3.47. The van der Waals surface area contributed by atoms with E-state index in [1.807, 2.05) is 6.07 Å². The molecule has 5 heteroatoms. The fourth-order valence-electron chi connectivity index (χ4n) is 2.41. The second-order valence-electron chi connectivity index (χ2n) is 5.13. The molecule has 0 saturated carbocycles. The van der Waals surface area contributed by atoms with Crippen molar-refractivity contribution >= 4 is 21.9 Å². The summed E-state index contributed by atoms with van der Waals surface area (Å²) in [5.74, 6) is -0.315. The molecule has 1 aliphatic heterocycles. The number of likely N-dealkylation sites (N-methyl/N-ethyl adjacent to an activating group) is 1. The molecule has 1 atom stereocenters. The van der Waals surface area contributed by atoms with Gasteiger partial charge >= 0.3 is 5.97 Å². The Kier molecular flexibility index (Phi) is 5.57. The zero-order valence-electron chi connectivity index (χ0n) is 11.9. The van der Waals surface area contributed by atoms with Crippen molar-refractivity contribution in [2.45, 2.75) is 25.5 Å². The molecular weight excluding hydrogens is 322 g/mol. The van der Waals surface area contributed by atoms with Gasteiger partial charge in [-0.2, -0.15) is 0 Å². The van der Waals surface area contributed by atoms with Crippen molar-refractivity contribution in [3.05, 3.63) is 33.8 Å². The first-order valence-corrected chi connectivity index (χ1v) is 7.56. The summed E-state index contributed by atoms with van der Waals surface area (Å²) in [6.07, 6.45) is 2.66. The maximum atomic E-state index is 11.5. The fraction of sp³-hybridized carbons (Fsp3) is 0.533. The van der Waals surface area contributed by atoms with E-state index in [9.17, 15) is 4.79 Å². The molecular formula is C15H20BrNO3. The average molecular weight is 342 g/mol. The van der Waals surface area contributed by atoms with Gasteiger partial charge in [0, 0.05) is 24.2 Å². The van der Waals surface area contributed by atoms with Crippen LogP contribution >= 0.6 is 15.9 Å². The summed E-state index contributed by atoms with van der Waals surface area (Å²) < 4.78 is 11.3. The summed E-state index contributed by atoms with van der Waals surface area (Å²) >= 11 is 3.52. The van der Waals surface area contributed by atoms with Gasteiger partial charge in [0.25, 0.3) is 0 Å². The minimum absolute atomic E-state index is 0.315. The Hall–Kier alpha value is -0.910. The topological polar surface area (TPSA) is 38.8 Å². The summed E-state index contributed by atoms with van der Waals surface area (Å²) in [5, 5.41) is 0. The van der Waals surface area contributed by atoms with Gasteiger partial charge < -0.3 is 9.47 Å². The van der Waals surface area contributed by atoms with E-state index in [2.05, 4.69) is 27.9 Å². The average Bonchev–Trinajstić information content (AvgIpc) is 2.93. The van der Waals surface area contributed by atoms with Crippen LogP contribution in [0.15, 0.2) is 22.7 Å². The van der Waals surface area contributed by atoms with Crippen molar-refractivity contribution in [1.29, 1.82) is 0 Å². The van der Waals surface area contributed by atoms with Gasteiger partial charge in [-0.15, -0.1) is 0 Å². The number of benzene rings is 1. The summed E-state index contributed by atoms with van der Waals surface area (Å²) in [4.78, 5) is 13.7. The minimum Gasteiger partial charge on any atom is -0.465 e. The molecule has 0 aromatic heterocycles. The molecule has 110 valence electrons. The highest BCUT2D eigenvalue weighted by molar-refractivity contribution is 9.10. The smallest absolute Gasteiger partial charge is 0.337 e. The number of carbonyl (C=O) groups is 1. The van der Waals surface area contributed by atoms with Crippen molar-refractivity contribution in [2.24, 2.45) is 0 Å². The van der Waals surface area contributed by atoms with Gasteiger partial charge in [0.15, 0.2) is 0 Å². The third kappa shape index (κ3) is 4.04. The number of esters is 1. The number of rotatable bonds is 5. The monoisotopic (exact) mass is 341 g/mol. The van der Waals surface area contributed by atoms with Crippen molar-refractivity contribution in [2.75, 3.05) is 27.3 Å². The molecule has 0 bridgehead atoms. The summed E-state index contributed by atoms with van der Waals surface area (Å²) in [6, 6.07) is 5.56. The molecule has 1 aromatic rings. The SMILES string of the molecule is COC(=O)c1ccc(CN(C)CC2CCCO2)c(Br)c1. The van der Waals surface area contributed by atoms with Gasteiger partial charge in [0.2, 0.25) is 0 Å². The number of carbonyl (C=O) groups excluding carboxylic acids is 1. The lowest BCUT2D eigenvalue weighted by Crippen LogP contribution is -2.28. The van der Waals surface area contributed by atoms with Gasteiger partial charge in [-0.25, -0.2) is 4.79 Å². The number of halogens is 1. The molecule has 1 heterocycles. The number of nitrogens with zero attached hydrogens (tertiary/aromatic N) is 1. The molecule has 0 spiro atoms. The van der Waals surface area contributed by atoms with Crippen molar-refractivity contribution in [3.63, 3.8) is 0 Å². The van der Waals surface area contributed by atoms with Gasteiger partial charge in [-0.1, -0.05) is 22.0 Å². The number of hydrogen-bond donors (Lipinski definition) is 0. The van der Waals surface area contributed by atoms with E-state index in [1.54, 1.807) is 12.1 Å². The molecule has 1 fully saturated rings. The zero-order chi connectivity index (χ0) is 14.5. The molecule has 0 aliphatic carbocycles. The van der Waals surface area contributed by atoms with Crippen LogP contribution in [0.1, 0.15) is 28.8 Å². The van der Waals surface area contributed by atoms with Gasteiger partial charge in [0.05, 0.1) is 18.8 Å². The van der Waals surface area contributed by atoms with E-state index in [4.69, 9.17) is 9.47 Å². The van der Waals surface area contributed by atoms with Gasteiger partial charge in [0.1, 0.15) is 0 Å². The lowest BCUT2D eigenvalue weighted by atomic mass is 10.1. The van der Waals surface area contributed by atoms with Crippen LogP contribution in [0, 0.1) is 0 Å². The first-order chi connectivity index (χ1) is 9.60. The Morgan fingerprint density at radius 2 is 2.35 bits per heavy atom. The third-order valence-corrected chi connectivity index (χ3v) is 4.19. The maximum Gasteiger partial charge on any atom is 0.337 e. The Bertz CT molecular complexity index is 472. The molecule has 2 rings (SSSR count). The van der Waals surface area contributed by atoms with Crippen molar-refractivity contribution < 1.29 is 14.3 Å². The maximum absolute atomic E-state index is 11.5. The highest BCUT2D eigenvalue weighted by atomic mass is 79.9. The van der Waals surface area contributed by atoms with Gasteiger partial charge in [-0.05, 0) is 37.6 Å². The normalized spacial score (nSPS) is 18.5. The zero-order valence-corrected chi connectivity index (χ0v) is 13.5. The molecule has 1 saturated heterocycles. The molecule has 4 nitrogen and oxygen atoms in total. The number of methoxy groups -OCH3 is 1. The number of hydrogen-bond acceptors (Lipinski definition) is 4. The van der Waals surface area contributed by atoms with Crippen LogP contribution in [-0.4, -0.2) is 44.3 Å². The number of ether oxygens (including phenoxy) is 2. The van der Waals surface area contributed by atoms with Crippen molar-refractivity contribution in [1.82, 2.24) is 4.90 Å². The lowest BCUT2D eigenvalue weighted by molar-refractivity contribution is 0.0600. The summed E-state index contributed by atoms with van der Waals surface area (Å²) in [5.41, 5.74) is 1.71. The Morgan fingerprint density at radius 1 is 1.55 bits per heavy atom. The standard InChI is InChI=1S/C15H20BrNO3/c1-17(10-13-4-3-7-20-13)9-12-6-5-11(8-14(12)16)15(18)19-2/h5-6,8,13H,3-4,7,9-10H2,1-2H3.